The van der Waals surface area contributed by atoms with E-state index in [1.54, 1.807) is 29.2 Å². The molecule has 0 bridgehead atoms. The van der Waals surface area contributed by atoms with E-state index in [-0.39, 0.29) is 25.1 Å². The number of piperidine rings is 1. The van der Waals surface area contributed by atoms with Crippen LogP contribution in [0.3, 0.4) is 0 Å². The first-order valence-corrected chi connectivity index (χ1v) is 9.73. The Morgan fingerprint density at radius 2 is 1.41 bits per heavy atom. The zero-order valence-electron chi connectivity index (χ0n) is 16.5. The molecule has 29 heavy (non-hydrogen) atoms. The van der Waals surface area contributed by atoms with Crippen LogP contribution in [0.5, 0.6) is 0 Å². The topological polar surface area (TPSA) is 72.9 Å². The highest BCUT2D eigenvalue weighted by atomic mass is 16.6. The van der Waals surface area contributed by atoms with Crippen LogP contribution in [0.2, 0.25) is 0 Å². The monoisotopic (exact) mass is 395 g/mol. The molecule has 1 fully saturated rings. The van der Waals surface area contributed by atoms with Gasteiger partial charge in [0.15, 0.2) is 0 Å². The van der Waals surface area contributed by atoms with E-state index in [1.165, 1.54) is 6.92 Å². The summed E-state index contributed by atoms with van der Waals surface area (Å²) < 4.78 is 10.7. The first-order valence-electron chi connectivity index (χ1n) is 9.73. The smallest absolute Gasteiger partial charge is 0.338 e. The van der Waals surface area contributed by atoms with Gasteiger partial charge in [0.1, 0.15) is 13.2 Å². The van der Waals surface area contributed by atoms with E-state index < -0.39 is 11.4 Å². The van der Waals surface area contributed by atoms with Crippen molar-refractivity contribution in [1.29, 1.82) is 0 Å². The molecular formula is C23H25NO5. The van der Waals surface area contributed by atoms with E-state index >= 15 is 0 Å². The minimum absolute atomic E-state index is 0.00727. The quantitative estimate of drug-likeness (QED) is 0.555. The van der Waals surface area contributed by atoms with Crippen LogP contribution in [0.25, 0.3) is 0 Å². The number of carbonyl (C=O) groups excluding carboxylic acids is 3. The molecule has 1 aliphatic rings. The molecule has 2 aromatic rings. The Labute approximate surface area is 170 Å². The van der Waals surface area contributed by atoms with Gasteiger partial charge in [-0.2, -0.15) is 0 Å². The highest BCUT2D eigenvalue weighted by Gasteiger charge is 2.44. The fraction of sp³-hybridized carbons (Fsp3) is 0.348. The standard InChI is InChI=1S/C23H25NO5/c1-18(25)24-14-12-23(13-15-24,20-10-6-3-7-11-20)22(27)29-17-16-28-21(26)19-8-4-2-5-9-19/h2-11H,12-17H2,1H3. The normalized spacial score (nSPS) is 15.4. The maximum Gasteiger partial charge on any atom is 0.338 e. The van der Waals surface area contributed by atoms with E-state index in [1.807, 2.05) is 36.4 Å². The minimum atomic E-state index is -0.795. The first kappa shape index (κ1) is 20.6. The van der Waals surface area contributed by atoms with Gasteiger partial charge in [0, 0.05) is 20.0 Å². The second kappa shape index (κ2) is 9.37. The molecule has 0 saturated carbocycles. The molecule has 1 heterocycles. The number of ether oxygens (including phenoxy) is 2. The second-order valence-corrected chi connectivity index (χ2v) is 7.09. The lowest BCUT2D eigenvalue weighted by molar-refractivity contribution is -0.155. The number of amides is 1. The van der Waals surface area contributed by atoms with Crippen molar-refractivity contribution in [3.63, 3.8) is 0 Å². The molecule has 0 unspecified atom stereocenters. The van der Waals surface area contributed by atoms with Crippen LogP contribution in [0, 0.1) is 0 Å². The zero-order valence-corrected chi connectivity index (χ0v) is 16.5. The molecule has 0 N–H and O–H groups in total. The van der Waals surface area contributed by atoms with Gasteiger partial charge in [-0.15, -0.1) is 0 Å². The predicted octanol–water partition coefficient (Wildman–Crippen LogP) is 2.97. The SMILES string of the molecule is CC(=O)N1CCC(C(=O)OCCOC(=O)c2ccccc2)(c2ccccc2)CC1. The largest absolute Gasteiger partial charge is 0.461 e. The van der Waals surface area contributed by atoms with Gasteiger partial charge in [-0.25, -0.2) is 4.79 Å². The molecule has 1 aliphatic heterocycles. The van der Waals surface area contributed by atoms with Crippen LogP contribution in [-0.2, 0) is 24.5 Å². The average molecular weight is 395 g/mol. The maximum absolute atomic E-state index is 13.0. The van der Waals surface area contributed by atoms with Crippen molar-refractivity contribution >= 4 is 17.8 Å². The Balaban J connectivity index is 1.61. The molecule has 0 spiro atoms. The van der Waals surface area contributed by atoms with E-state index in [0.717, 1.165) is 5.56 Å². The molecule has 1 amide bonds. The first-order chi connectivity index (χ1) is 14.0. The van der Waals surface area contributed by atoms with Crippen molar-refractivity contribution in [1.82, 2.24) is 4.90 Å². The van der Waals surface area contributed by atoms with Crippen molar-refractivity contribution < 1.29 is 23.9 Å². The molecule has 3 rings (SSSR count). The maximum atomic E-state index is 13.0. The minimum Gasteiger partial charge on any atom is -0.461 e. The molecular weight excluding hydrogens is 370 g/mol. The molecule has 0 aliphatic carbocycles. The number of hydrogen-bond donors (Lipinski definition) is 0. The zero-order chi connectivity index (χ0) is 20.7. The summed E-state index contributed by atoms with van der Waals surface area (Å²) in [5.74, 6) is -0.787. The van der Waals surface area contributed by atoms with Crippen molar-refractivity contribution in [2.45, 2.75) is 25.2 Å². The summed E-state index contributed by atoms with van der Waals surface area (Å²) in [5.41, 5.74) is 0.544. The lowest BCUT2D eigenvalue weighted by atomic mass is 9.72. The van der Waals surface area contributed by atoms with Crippen molar-refractivity contribution in [2.24, 2.45) is 0 Å². The van der Waals surface area contributed by atoms with Crippen LogP contribution in [0.15, 0.2) is 60.7 Å². The van der Waals surface area contributed by atoms with E-state index in [4.69, 9.17) is 9.47 Å². The number of hydrogen-bond acceptors (Lipinski definition) is 5. The number of nitrogens with zero attached hydrogens (tertiary/aromatic N) is 1. The van der Waals surface area contributed by atoms with Gasteiger partial charge in [0.05, 0.1) is 11.0 Å². The van der Waals surface area contributed by atoms with Gasteiger partial charge in [-0.05, 0) is 30.5 Å². The van der Waals surface area contributed by atoms with Crippen LogP contribution in [0.1, 0.15) is 35.7 Å². The summed E-state index contributed by atoms with van der Waals surface area (Å²) in [7, 11) is 0. The average Bonchev–Trinajstić information content (AvgIpc) is 2.77. The lowest BCUT2D eigenvalue weighted by Gasteiger charge is -2.40. The summed E-state index contributed by atoms with van der Waals surface area (Å²) in [6, 6.07) is 18.2. The summed E-state index contributed by atoms with van der Waals surface area (Å²) in [5, 5.41) is 0. The summed E-state index contributed by atoms with van der Waals surface area (Å²) in [6.45, 7) is 2.52. The van der Waals surface area contributed by atoms with Gasteiger partial charge in [0.25, 0.3) is 0 Å². The Morgan fingerprint density at radius 1 is 0.862 bits per heavy atom. The molecule has 152 valence electrons. The number of likely N-dealkylation sites (tertiary alicyclic amines) is 1. The third-order valence-corrected chi connectivity index (χ3v) is 5.34. The molecule has 0 radical (unpaired) electrons. The van der Waals surface area contributed by atoms with Crippen molar-refractivity contribution in [2.75, 3.05) is 26.3 Å². The fourth-order valence-electron chi connectivity index (χ4n) is 3.64. The van der Waals surface area contributed by atoms with Crippen molar-refractivity contribution in [3.8, 4) is 0 Å². The third kappa shape index (κ3) is 4.83. The summed E-state index contributed by atoms with van der Waals surface area (Å²) in [6.07, 6.45) is 0.998. The highest BCUT2D eigenvalue weighted by Crippen LogP contribution is 2.37. The molecule has 2 aromatic carbocycles. The van der Waals surface area contributed by atoms with Crippen molar-refractivity contribution in [3.05, 3.63) is 71.8 Å². The molecule has 6 heteroatoms. The third-order valence-electron chi connectivity index (χ3n) is 5.34. The summed E-state index contributed by atoms with van der Waals surface area (Å²) in [4.78, 5) is 38.4. The molecule has 0 atom stereocenters. The van der Waals surface area contributed by atoms with Crippen LogP contribution in [-0.4, -0.2) is 49.0 Å². The predicted molar refractivity (Wildman–Crippen MR) is 107 cm³/mol. The molecule has 0 aromatic heterocycles. The summed E-state index contributed by atoms with van der Waals surface area (Å²) >= 11 is 0. The number of carbonyl (C=O) groups is 3. The van der Waals surface area contributed by atoms with Gasteiger partial charge in [-0.1, -0.05) is 48.5 Å². The Bertz CT molecular complexity index is 842. The highest BCUT2D eigenvalue weighted by molar-refractivity contribution is 5.89. The number of benzene rings is 2. The van der Waals surface area contributed by atoms with Gasteiger partial charge < -0.3 is 14.4 Å². The van der Waals surface area contributed by atoms with Crippen LogP contribution in [0.4, 0.5) is 0 Å². The number of esters is 2. The second-order valence-electron chi connectivity index (χ2n) is 7.09. The Hall–Kier alpha value is -3.15. The van der Waals surface area contributed by atoms with Gasteiger partial charge in [0.2, 0.25) is 5.91 Å². The van der Waals surface area contributed by atoms with E-state index in [9.17, 15) is 14.4 Å². The Morgan fingerprint density at radius 3 is 2.00 bits per heavy atom. The lowest BCUT2D eigenvalue weighted by Crippen LogP contribution is -2.49. The van der Waals surface area contributed by atoms with Crippen LogP contribution >= 0.6 is 0 Å². The van der Waals surface area contributed by atoms with E-state index in [0.29, 0.717) is 31.5 Å². The van der Waals surface area contributed by atoms with E-state index in [2.05, 4.69) is 0 Å². The van der Waals surface area contributed by atoms with Gasteiger partial charge in [-0.3, -0.25) is 9.59 Å². The fourth-order valence-corrected chi connectivity index (χ4v) is 3.64. The van der Waals surface area contributed by atoms with Crippen LogP contribution < -0.4 is 0 Å². The Kier molecular flexibility index (Phi) is 6.65. The molecule has 6 nitrogen and oxygen atoms in total. The van der Waals surface area contributed by atoms with Gasteiger partial charge >= 0.3 is 11.9 Å². The molecule has 1 saturated heterocycles. The number of rotatable bonds is 6.